The average Bonchev–Trinajstić information content (AvgIpc) is 2.31. The molecule has 2 rings (SSSR count). The van der Waals surface area contributed by atoms with E-state index < -0.39 is 0 Å². The largest absolute Gasteiger partial charge is 0.368 e. The minimum absolute atomic E-state index is 0.0203. The van der Waals surface area contributed by atoms with Crippen LogP contribution in [-0.2, 0) is 6.54 Å². The van der Waals surface area contributed by atoms with Crippen LogP contribution < -0.4 is 10.6 Å². The molecule has 0 radical (unpaired) electrons. The molecule has 1 aromatic heterocycles. The summed E-state index contributed by atoms with van der Waals surface area (Å²) in [7, 11) is 0. The van der Waals surface area contributed by atoms with Crippen LogP contribution in [0.3, 0.4) is 0 Å². The normalized spacial score (nSPS) is 16.0. The third kappa shape index (κ3) is 4.44. The highest BCUT2D eigenvalue weighted by Crippen LogP contribution is 2.29. The van der Waals surface area contributed by atoms with Gasteiger partial charge in [-0.15, -0.1) is 0 Å². The first-order chi connectivity index (χ1) is 9.46. The molecule has 3 nitrogen and oxygen atoms in total. The first-order valence-corrected chi connectivity index (χ1v) is 7.58. The number of halogens is 1. The molecule has 1 aliphatic rings. The number of nitrogens with one attached hydrogen (secondary N) is 2. The maximum atomic E-state index is 14.3. The lowest BCUT2D eigenvalue weighted by Gasteiger charge is -2.25. The number of rotatable bonds is 6. The number of aromatic nitrogens is 1. The van der Waals surface area contributed by atoms with Crippen molar-refractivity contribution in [3.05, 3.63) is 23.6 Å². The van der Waals surface area contributed by atoms with Gasteiger partial charge in [0, 0.05) is 30.4 Å². The van der Waals surface area contributed by atoms with Crippen molar-refractivity contribution in [1.82, 2.24) is 10.3 Å². The van der Waals surface area contributed by atoms with Crippen molar-refractivity contribution < 1.29 is 4.39 Å². The Balaban J connectivity index is 1.88. The molecule has 2 N–H and O–H groups in total. The van der Waals surface area contributed by atoms with Crippen LogP contribution in [0.5, 0.6) is 0 Å². The lowest BCUT2D eigenvalue weighted by atomic mass is 9.83. The molecule has 0 amide bonds. The van der Waals surface area contributed by atoms with Crippen molar-refractivity contribution in [1.29, 1.82) is 0 Å². The van der Waals surface area contributed by atoms with Gasteiger partial charge in [-0.3, -0.25) is 0 Å². The van der Waals surface area contributed by atoms with Gasteiger partial charge in [-0.25, -0.2) is 9.37 Å². The zero-order chi connectivity index (χ0) is 14.6. The molecule has 1 heterocycles. The summed E-state index contributed by atoms with van der Waals surface area (Å²) in [5.74, 6) is 0.992. The molecule has 0 bridgehead atoms. The Morgan fingerprint density at radius 1 is 1.35 bits per heavy atom. The smallest absolute Gasteiger partial charge is 0.169 e. The monoisotopic (exact) mass is 279 g/mol. The fourth-order valence-corrected chi connectivity index (χ4v) is 2.28. The second-order valence-electron chi connectivity index (χ2n) is 6.75. The zero-order valence-electron chi connectivity index (χ0n) is 12.8. The van der Waals surface area contributed by atoms with Gasteiger partial charge in [-0.2, -0.15) is 0 Å². The molecule has 0 atom stereocenters. The van der Waals surface area contributed by atoms with E-state index in [9.17, 15) is 4.39 Å². The van der Waals surface area contributed by atoms with E-state index in [0.717, 1.165) is 18.9 Å². The Kier molecular flexibility index (Phi) is 4.97. The topological polar surface area (TPSA) is 37.0 Å². The van der Waals surface area contributed by atoms with Crippen molar-refractivity contribution in [3.8, 4) is 0 Å². The van der Waals surface area contributed by atoms with Crippen LogP contribution in [0, 0.1) is 11.7 Å². The number of hydrogen-bond donors (Lipinski definition) is 2. The Bertz CT molecular complexity index is 436. The molecule has 1 aliphatic carbocycles. The second-order valence-corrected chi connectivity index (χ2v) is 6.75. The number of hydrogen-bond acceptors (Lipinski definition) is 3. The predicted octanol–water partition coefficient (Wildman–Crippen LogP) is 3.71. The molecule has 1 fully saturated rings. The van der Waals surface area contributed by atoms with Crippen molar-refractivity contribution >= 4 is 5.82 Å². The molecule has 4 heteroatoms. The average molecular weight is 279 g/mol. The zero-order valence-corrected chi connectivity index (χ0v) is 12.8. The predicted molar refractivity (Wildman–Crippen MR) is 81.2 cm³/mol. The molecule has 1 saturated carbocycles. The van der Waals surface area contributed by atoms with Gasteiger partial charge in [0.15, 0.2) is 11.6 Å². The number of nitrogens with zero attached hydrogens (tertiary/aromatic N) is 1. The summed E-state index contributed by atoms with van der Waals surface area (Å²) in [6, 6.07) is 1.74. The number of anilines is 1. The van der Waals surface area contributed by atoms with Gasteiger partial charge < -0.3 is 10.6 Å². The van der Waals surface area contributed by atoms with Crippen LogP contribution in [-0.4, -0.2) is 17.1 Å². The molecule has 20 heavy (non-hydrogen) atoms. The third-order valence-corrected chi connectivity index (χ3v) is 3.85. The second kappa shape index (κ2) is 6.53. The minimum Gasteiger partial charge on any atom is -0.368 e. The van der Waals surface area contributed by atoms with Gasteiger partial charge in [-0.1, -0.05) is 19.3 Å². The van der Waals surface area contributed by atoms with E-state index in [2.05, 4.69) is 36.4 Å². The summed E-state index contributed by atoms with van der Waals surface area (Å²) >= 11 is 0. The molecular weight excluding hydrogens is 253 g/mol. The Morgan fingerprint density at radius 3 is 2.70 bits per heavy atom. The van der Waals surface area contributed by atoms with Crippen molar-refractivity contribution in [2.75, 3.05) is 11.9 Å². The fraction of sp³-hybridized carbons (Fsp3) is 0.688. The molecule has 0 aromatic carbocycles. The molecule has 1 aromatic rings. The van der Waals surface area contributed by atoms with Gasteiger partial charge in [0.1, 0.15) is 0 Å². The van der Waals surface area contributed by atoms with E-state index in [0.29, 0.717) is 17.9 Å². The van der Waals surface area contributed by atoms with Crippen molar-refractivity contribution in [2.45, 2.75) is 58.5 Å². The molecular formula is C16H26FN3. The van der Waals surface area contributed by atoms with Gasteiger partial charge in [0.25, 0.3) is 0 Å². The minimum atomic E-state index is -0.224. The van der Waals surface area contributed by atoms with E-state index in [-0.39, 0.29) is 11.4 Å². The molecule has 0 aliphatic heterocycles. The van der Waals surface area contributed by atoms with Gasteiger partial charge in [0.2, 0.25) is 0 Å². The van der Waals surface area contributed by atoms with E-state index in [1.807, 2.05) is 0 Å². The molecule has 0 unspecified atom stereocenters. The molecule has 0 saturated heterocycles. The quantitative estimate of drug-likeness (QED) is 0.833. The van der Waals surface area contributed by atoms with Crippen LogP contribution in [0.1, 0.15) is 52.0 Å². The van der Waals surface area contributed by atoms with Crippen LogP contribution in [0.2, 0.25) is 0 Å². The third-order valence-electron chi connectivity index (χ3n) is 3.85. The van der Waals surface area contributed by atoms with Crippen molar-refractivity contribution in [2.24, 2.45) is 5.92 Å². The lowest BCUT2D eigenvalue weighted by molar-refractivity contribution is 0.302. The SMILES string of the molecule is CC(C)(C)NCc1ccnc(NCCC2CCC2)c1F. The fourth-order valence-electron chi connectivity index (χ4n) is 2.28. The van der Waals surface area contributed by atoms with E-state index in [1.54, 1.807) is 12.3 Å². The van der Waals surface area contributed by atoms with E-state index >= 15 is 0 Å². The van der Waals surface area contributed by atoms with Crippen molar-refractivity contribution in [3.63, 3.8) is 0 Å². The summed E-state index contributed by atoms with van der Waals surface area (Å²) in [5, 5.41) is 6.44. The van der Waals surface area contributed by atoms with Crippen LogP contribution in [0.15, 0.2) is 12.3 Å². The highest BCUT2D eigenvalue weighted by Gasteiger charge is 2.17. The Morgan fingerprint density at radius 2 is 2.10 bits per heavy atom. The van der Waals surface area contributed by atoms with E-state index in [1.165, 1.54) is 19.3 Å². The molecule has 0 spiro atoms. The summed E-state index contributed by atoms with van der Waals surface area (Å²) in [6.45, 7) is 7.55. The highest BCUT2D eigenvalue weighted by atomic mass is 19.1. The summed E-state index contributed by atoms with van der Waals surface area (Å²) in [5.41, 5.74) is 0.647. The van der Waals surface area contributed by atoms with Crippen LogP contribution in [0.25, 0.3) is 0 Å². The number of pyridine rings is 1. The Hall–Kier alpha value is -1.16. The van der Waals surface area contributed by atoms with Gasteiger partial charge in [-0.05, 0) is 39.2 Å². The van der Waals surface area contributed by atoms with E-state index in [4.69, 9.17) is 0 Å². The van der Waals surface area contributed by atoms with Gasteiger partial charge in [0.05, 0.1) is 0 Å². The Labute approximate surface area is 121 Å². The highest BCUT2D eigenvalue weighted by molar-refractivity contribution is 5.39. The van der Waals surface area contributed by atoms with Crippen LogP contribution in [0.4, 0.5) is 10.2 Å². The first-order valence-electron chi connectivity index (χ1n) is 7.58. The summed E-state index contributed by atoms with van der Waals surface area (Å²) in [6.07, 6.45) is 6.80. The summed E-state index contributed by atoms with van der Waals surface area (Å²) < 4.78 is 14.3. The van der Waals surface area contributed by atoms with Crippen LogP contribution >= 0.6 is 0 Å². The molecule has 112 valence electrons. The first kappa shape index (κ1) is 15.2. The lowest BCUT2D eigenvalue weighted by Crippen LogP contribution is -2.35. The van der Waals surface area contributed by atoms with Gasteiger partial charge >= 0.3 is 0 Å². The maximum absolute atomic E-state index is 14.3. The summed E-state index contributed by atoms with van der Waals surface area (Å²) in [4.78, 5) is 4.11. The maximum Gasteiger partial charge on any atom is 0.169 e. The standard InChI is InChI=1S/C16H26FN3/c1-16(2,3)20-11-13-8-10-19-15(14(13)17)18-9-7-12-5-4-6-12/h8,10,12,20H,4-7,9,11H2,1-3H3,(H,18,19).